The molecule has 3 aromatic rings. The van der Waals surface area contributed by atoms with Gasteiger partial charge in [0.25, 0.3) is 5.91 Å². The van der Waals surface area contributed by atoms with Crippen LogP contribution in [-0.2, 0) is 13.0 Å². The molecule has 1 aliphatic heterocycles. The number of amides is 1. The average Bonchev–Trinajstić information content (AvgIpc) is 2.71. The Kier molecular flexibility index (Phi) is 5.09. The summed E-state index contributed by atoms with van der Waals surface area (Å²) in [5, 5.41) is 13.1. The first-order valence-electron chi connectivity index (χ1n) is 9.16. The fraction of sp³-hybridized carbons (Fsp3) is 0.286. The van der Waals surface area contributed by atoms with Crippen molar-refractivity contribution in [2.24, 2.45) is 0 Å². The summed E-state index contributed by atoms with van der Waals surface area (Å²) in [6.07, 6.45) is 1.82. The Hall–Kier alpha value is -2.83. The van der Waals surface area contributed by atoms with Crippen LogP contribution in [-0.4, -0.2) is 51.6 Å². The highest BCUT2D eigenvalue weighted by Crippen LogP contribution is 2.18. The summed E-state index contributed by atoms with van der Waals surface area (Å²) in [6.45, 7) is 2.46. The van der Waals surface area contributed by atoms with Crippen molar-refractivity contribution in [1.82, 2.24) is 20.2 Å². The fourth-order valence-electron chi connectivity index (χ4n) is 3.44. The van der Waals surface area contributed by atoms with Crippen molar-refractivity contribution in [3.8, 4) is 0 Å². The van der Waals surface area contributed by atoms with E-state index in [0.29, 0.717) is 12.1 Å². The van der Waals surface area contributed by atoms with Crippen LogP contribution in [0, 0.1) is 0 Å². The number of aromatic nitrogens is 2. The lowest BCUT2D eigenvalue weighted by Crippen LogP contribution is -2.42. The third-order valence-electron chi connectivity index (χ3n) is 4.86. The molecule has 4 rings (SSSR count). The Morgan fingerprint density at radius 3 is 2.70 bits per heavy atom. The normalized spacial score (nSPS) is 15.3. The first-order valence-corrected chi connectivity index (χ1v) is 9.16. The van der Waals surface area contributed by atoms with Gasteiger partial charge in [0.1, 0.15) is 5.69 Å². The molecule has 1 aromatic heterocycles. The second-order valence-corrected chi connectivity index (χ2v) is 6.86. The second-order valence-electron chi connectivity index (χ2n) is 6.86. The minimum Gasteiger partial charge on any atom is -0.390 e. The standard InChI is InChI=1S/C21H22N4O2/c26-17(14-25-10-9-15-5-1-2-6-16(15)13-25)11-23-21(27)20-12-22-18-7-3-4-8-19(18)24-20/h1-8,12,17,26H,9-11,13-14H2,(H,23,27). The van der Waals surface area contributed by atoms with E-state index in [0.717, 1.165) is 25.0 Å². The average molecular weight is 362 g/mol. The molecule has 6 heteroatoms. The molecular formula is C21H22N4O2. The molecule has 27 heavy (non-hydrogen) atoms. The Labute approximate surface area is 157 Å². The summed E-state index contributed by atoms with van der Waals surface area (Å²) in [4.78, 5) is 23.1. The maximum absolute atomic E-state index is 12.3. The number of hydrogen-bond acceptors (Lipinski definition) is 5. The molecule has 2 N–H and O–H groups in total. The molecule has 0 bridgehead atoms. The number of nitrogens with one attached hydrogen (secondary N) is 1. The van der Waals surface area contributed by atoms with Gasteiger partial charge in [-0.1, -0.05) is 36.4 Å². The molecule has 0 saturated carbocycles. The van der Waals surface area contributed by atoms with Crippen molar-refractivity contribution >= 4 is 16.9 Å². The number of rotatable bonds is 5. The quantitative estimate of drug-likeness (QED) is 0.723. The van der Waals surface area contributed by atoms with Crippen LogP contribution in [0.15, 0.2) is 54.7 Å². The molecule has 0 fully saturated rings. The molecule has 2 aromatic carbocycles. The van der Waals surface area contributed by atoms with Crippen LogP contribution in [0.5, 0.6) is 0 Å². The lowest BCUT2D eigenvalue weighted by molar-refractivity contribution is 0.0838. The van der Waals surface area contributed by atoms with E-state index in [1.54, 1.807) is 0 Å². The van der Waals surface area contributed by atoms with Crippen molar-refractivity contribution in [1.29, 1.82) is 0 Å². The van der Waals surface area contributed by atoms with Crippen LogP contribution in [0.1, 0.15) is 21.6 Å². The highest BCUT2D eigenvalue weighted by molar-refractivity contribution is 5.93. The Morgan fingerprint density at radius 2 is 1.85 bits per heavy atom. The molecule has 0 saturated heterocycles. The van der Waals surface area contributed by atoms with Gasteiger partial charge in [0, 0.05) is 26.2 Å². The van der Waals surface area contributed by atoms with E-state index in [1.165, 1.54) is 17.3 Å². The van der Waals surface area contributed by atoms with Crippen molar-refractivity contribution in [3.63, 3.8) is 0 Å². The summed E-state index contributed by atoms with van der Waals surface area (Å²) in [7, 11) is 0. The van der Waals surface area contributed by atoms with E-state index in [2.05, 4.69) is 38.4 Å². The maximum Gasteiger partial charge on any atom is 0.271 e. The number of aliphatic hydroxyl groups is 1. The number of para-hydroxylation sites is 2. The van der Waals surface area contributed by atoms with E-state index in [1.807, 2.05) is 30.3 Å². The maximum atomic E-state index is 12.3. The number of hydrogen-bond donors (Lipinski definition) is 2. The van der Waals surface area contributed by atoms with Crippen molar-refractivity contribution in [2.75, 3.05) is 19.6 Å². The zero-order chi connectivity index (χ0) is 18.6. The molecule has 1 amide bonds. The zero-order valence-electron chi connectivity index (χ0n) is 15.0. The van der Waals surface area contributed by atoms with Gasteiger partial charge in [-0.05, 0) is 29.7 Å². The highest BCUT2D eigenvalue weighted by Gasteiger charge is 2.19. The van der Waals surface area contributed by atoms with Gasteiger partial charge in [-0.25, -0.2) is 4.98 Å². The first-order chi connectivity index (χ1) is 13.2. The summed E-state index contributed by atoms with van der Waals surface area (Å²) in [5.41, 5.74) is 4.38. The molecule has 1 unspecified atom stereocenters. The second kappa shape index (κ2) is 7.82. The molecule has 0 aliphatic carbocycles. The SMILES string of the molecule is O=C(NCC(O)CN1CCc2ccccc2C1)c1cnc2ccccc2n1. The Balaban J connectivity index is 1.31. The molecule has 1 aliphatic rings. The van der Waals surface area contributed by atoms with E-state index in [-0.39, 0.29) is 18.1 Å². The van der Waals surface area contributed by atoms with Crippen LogP contribution in [0.2, 0.25) is 0 Å². The van der Waals surface area contributed by atoms with Crippen molar-refractivity contribution in [2.45, 2.75) is 19.1 Å². The molecule has 138 valence electrons. The summed E-state index contributed by atoms with van der Waals surface area (Å²) in [5.74, 6) is -0.323. The van der Waals surface area contributed by atoms with Crippen molar-refractivity contribution in [3.05, 3.63) is 71.5 Å². The third-order valence-corrected chi connectivity index (χ3v) is 4.86. The summed E-state index contributed by atoms with van der Waals surface area (Å²) < 4.78 is 0. The van der Waals surface area contributed by atoms with Crippen LogP contribution in [0.25, 0.3) is 11.0 Å². The zero-order valence-corrected chi connectivity index (χ0v) is 15.0. The molecule has 2 heterocycles. The Bertz CT molecular complexity index is 960. The van der Waals surface area contributed by atoms with Crippen molar-refractivity contribution < 1.29 is 9.90 Å². The topological polar surface area (TPSA) is 78.4 Å². The largest absolute Gasteiger partial charge is 0.390 e. The minimum absolute atomic E-state index is 0.186. The van der Waals surface area contributed by atoms with Gasteiger partial charge < -0.3 is 10.4 Å². The van der Waals surface area contributed by atoms with Crippen LogP contribution >= 0.6 is 0 Å². The van der Waals surface area contributed by atoms with Crippen LogP contribution in [0.3, 0.4) is 0 Å². The molecule has 6 nitrogen and oxygen atoms in total. The van der Waals surface area contributed by atoms with Gasteiger partial charge in [-0.15, -0.1) is 0 Å². The fourth-order valence-corrected chi connectivity index (χ4v) is 3.44. The number of benzene rings is 2. The summed E-state index contributed by atoms with van der Waals surface area (Å²) >= 11 is 0. The monoisotopic (exact) mass is 362 g/mol. The predicted molar refractivity (Wildman–Crippen MR) is 103 cm³/mol. The number of aliphatic hydroxyl groups excluding tert-OH is 1. The van der Waals surface area contributed by atoms with Gasteiger partial charge in [-0.2, -0.15) is 0 Å². The molecule has 0 radical (unpaired) electrons. The minimum atomic E-state index is -0.632. The third kappa shape index (κ3) is 4.13. The van der Waals surface area contributed by atoms with Gasteiger partial charge in [-0.3, -0.25) is 14.7 Å². The molecule has 0 spiro atoms. The first kappa shape index (κ1) is 17.6. The molecular weight excluding hydrogens is 340 g/mol. The van der Waals surface area contributed by atoms with Gasteiger partial charge in [0.05, 0.1) is 23.3 Å². The number of carbonyl (C=O) groups is 1. The lowest BCUT2D eigenvalue weighted by Gasteiger charge is -2.30. The Morgan fingerprint density at radius 1 is 1.11 bits per heavy atom. The highest BCUT2D eigenvalue weighted by atomic mass is 16.3. The predicted octanol–water partition coefficient (Wildman–Crippen LogP) is 1.78. The van der Waals surface area contributed by atoms with Crippen LogP contribution in [0.4, 0.5) is 0 Å². The van der Waals surface area contributed by atoms with E-state index in [9.17, 15) is 9.90 Å². The molecule has 1 atom stereocenters. The van der Waals surface area contributed by atoms with Gasteiger partial charge in [0.15, 0.2) is 0 Å². The summed E-state index contributed by atoms with van der Waals surface area (Å²) in [6, 6.07) is 15.8. The smallest absolute Gasteiger partial charge is 0.271 e. The van der Waals surface area contributed by atoms with Crippen LogP contribution < -0.4 is 5.32 Å². The number of nitrogens with zero attached hydrogens (tertiary/aromatic N) is 3. The van der Waals surface area contributed by atoms with Gasteiger partial charge >= 0.3 is 0 Å². The number of fused-ring (bicyclic) bond motifs is 2. The van der Waals surface area contributed by atoms with E-state index >= 15 is 0 Å². The lowest BCUT2D eigenvalue weighted by atomic mass is 10.00. The van der Waals surface area contributed by atoms with E-state index in [4.69, 9.17) is 0 Å². The number of carbonyl (C=O) groups excluding carboxylic acids is 1. The van der Waals surface area contributed by atoms with E-state index < -0.39 is 6.10 Å². The number of β-amino-alcohol motifs (C(OH)–C–C–N with tert-alkyl or cyclic N) is 1. The van der Waals surface area contributed by atoms with Gasteiger partial charge in [0.2, 0.25) is 0 Å².